The molecule has 0 unspecified atom stereocenters. The molecule has 6 heteroatoms. The molecule has 0 aliphatic heterocycles. The molecule has 0 aromatic carbocycles. The van der Waals surface area contributed by atoms with E-state index < -0.39 is 11.9 Å². The van der Waals surface area contributed by atoms with Crippen LogP contribution in [-0.4, -0.2) is 15.2 Å². The molecule has 0 spiro atoms. The Balaban J connectivity index is 1.60. The Bertz CT molecular complexity index is 903. The molecule has 1 aliphatic rings. The molecule has 0 saturated carbocycles. The first-order chi connectivity index (χ1) is 14.5. The Morgan fingerprint density at radius 3 is 2.60 bits per heavy atom. The number of hydrogen-bond acceptors (Lipinski definition) is 2. The lowest BCUT2D eigenvalue weighted by Crippen LogP contribution is -2.04. The van der Waals surface area contributed by atoms with Crippen LogP contribution in [0.1, 0.15) is 69.5 Å². The van der Waals surface area contributed by atoms with E-state index in [4.69, 9.17) is 0 Å². The van der Waals surface area contributed by atoms with Crippen LogP contribution in [0.3, 0.4) is 0 Å². The van der Waals surface area contributed by atoms with Crippen molar-refractivity contribution in [3.8, 4) is 11.4 Å². The lowest BCUT2D eigenvalue weighted by molar-refractivity contribution is -0.141. The van der Waals surface area contributed by atoms with Crippen LogP contribution in [0, 0.1) is 0 Å². The summed E-state index contributed by atoms with van der Waals surface area (Å²) in [5.41, 5.74) is 3.44. The number of pyridine rings is 1. The number of halogens is 3. The van der Waals surface area contributed by atoms with Crippen molar-refractivity contribution in [2.75, 3.05) is 0 Å². The van der Waals surface area contributed by atoms with Crippen LogP contribution in [0.15, 0.2) is 53.8 Å². The average Bonchev–Trinajstić information content (AvgIpc) is 3.13. The van der Waals surface area contributed by atoms with Gasteiger partial charge in [0.25, 0.3) is 0 Å². The number of nitrogens with one attached hydrogen (secondary N) is 1. The van der Waals surface area contributed by atoms with Gasteiger partial charge in [-0.25, -0.2) is 0 Å². The van der Waals surface area contributed by atoms with Crippen LogP contribution in [0.2, 0.25) is 0 Å². The van der Waals surface area contributed by atoms with E-state index in [2.05, 4.69) is 35.2 Å². The van der Waals surface area contributed by atoms with Crippen molar-refractivity contribution in [1.82, 2.24) is 15.2 Å². The molecule has 160 valence electrons. The Morgan fingerprint density at radius 2 is 1.90 bits per heavy atom. The van der Waals surface area contributed by atoms with Crippen molar-refractivity contribution in [2.45, 2.75) is 64.5 Å². The van der Waals surface area contributed by atoms with Crippen LogP contribution in [0.5, 0.6) is 0 Å². The molecule has 0 amide bonds. The molecule has 0 atom stereocenters. The predicted octanol–water partition coefficient (Wildman–Crippen LogP) is 7.51. The topological polar surface area (TPSA) is 41.6 Å². The zero-order chi connectivity index (χ0) is 21.4. The van der Waals surface area contributed by atoms with Crippen molar-refractivity contribution in [3.05, 3.63) is 65.0 Å². The third-order valence-corrected chi connectivity index (χ3v) is 5.27. The summed E-state index contributed by atoms with van der Waals surface area (Å²) in [5, 5.41) is 5.72. The fraction of sp³-hybridized carbons (Fsp3) is 0.417. The number of nitrogens with zero attached hydrogens (tertiary/aromatic N) is 2. The highest BCUT2D eigenvalue weighted by Crippen LogP contribution is 2.30. The van der Waals surface area contributed by atoms with E-state index in [-0.39, 0.29) is 5.69 Å². The zero-order valence-electron chi connectivity index (χ0n) is 17.3. The maximum atomic E-state index is 12.7. The van der Waals surface area contributed by atoms with Gasteiger partial charge in [-0.1, -0.05) is 62.1 Å². The second-order valence-electron chi connectivity index (χ2n) is 7.71. The number of rotatable bonds is 8. The molecule has 2 aromatic rings. The fourth-order valence-corrected chi connectivity index (χ4v) is 3.49. The first kappa shape index (κ1) is 22.1. The number of alkyl halides is 3. The standard InChI is InChI=1S/C24H28F3N3/c1-2-3-4-5-7-18-8-6-9-19(11-10-18)12-13-20-14-15-21(28-17-20)22-16-23(30-29-22)24(25,26)27/h10-17H,2-9H2,1H3,(H,29,30)/b13-12+. The van der Waals surface area contributed by atoms with Gasteiger partial charge in [-0.15, -0.1) is 0 Å². The van der Waals surface area contributed by atoms with Gasteiger partial charge >= 0.3 is 6.18 Å². The molecular formula is C24H28F3N3. The highest BCUT2D eigenvalue weighted by atomic mass is 19.4. The normalized spacial score (nSPS) is 15.2. The third-order valence-electron chi connectivity index (χ3n) is 5.27. The van der Waals surface area contributed by atoms with Crippen molar-refractivity contribution >= 4 is 6.08 Å². The molecule has 2 aromatic heterocycles. The molecule has 0 saturated heterocycles. The predicted molar refractivity (Wildman–Crippen MR) is 115 cm³/mol. The van der Waals surface area contributed by atoms with Gasteiger partial charge in [-0.05, 0) is 55.4 Å². The molecule has 3 nitrogen and oxygen atoms in total. The van der Waals surface area contributed by atoms with Gasteiger partial charge in [-0.3, -0.25) is 10.1 Å². The highest BCUT2D eigenvalue weighted by Gasteiger charge is 2.33. The van der Waals surface area contributed by atoms with Crippen molar-refractivity contribution in [2.24, 2.45) is 0 Å². The molecule has 0 fully saturated rings. The van der Waals surface area contributed by atoms with E-state index in [1.165, 1.54) is 49.7 Å². The van der Waals surface area contributed by atoms with Gasteiger partial charge in [0, 0.05) is 6.20 Å². The fourth-order valence-electron chi connectivity index (χ4n) is 3.49. The number of aromatic nitrogens is 3. The van der Waals surface area contributed by atoms with Crippen LogP contribution in [0.25, 0.3) is 17.5 Å². The van der Waals surface area contributed by atoms with Crippen LogP contribution in [-0.2, 0) is 6.18 Å². The highest BCUT2D eigenvalue weighted by molar-refractivity contribution is 5.59. The number of unbranched alkanes of at least 4 members (excludes halogenated alkanes) is 3. The summed E-state index contributed by atoms with van der Waals surface area (Å²) >= 11 is 0. The number of hydrogen-bond donors (Lipinski definition) is 1. The molecule has 30 heavy (non-hydrogen) atoms. The molecule has 2 heterocycles. The smallest absolute Gasteiger partial charge is 0.273 e. The van der Waals surface area contributed by atoms with E-state index in [1.807, 2.05) is 17.2 Å². The van der Waals surface area contributed by atoms with Crippen molar-refractivity contribution < 1.29 is 13.2 Å². The summed E-state index contributed by atoms with van der Waals surface area (Å²) in [6.07, 6.45) is 15.5. The van der Waals surface area contributed by atoms with Gasteiger partial charge in [0.15, 0.2) is 0 Å². The van der Waals surface area contributed by atoms with E-state index >= 15 is 0 Å². The number of H-pyrrole nitrogens is 1. The number of aromatic amines is 1. The molecule has 1 N–H and O–H groups in total. The van der Waals surface area contributed by atoms with Gasteiger partial charge < -0.3 is 0 Å². The average molecular weight is 416 g/mol. The first-order valence-electron chi connectivity index (χ1n) is 10.6. The van der Waals surface area contributed by atoms with Crippen LogP contribution < -0.4 is 0 Å². The summed E-state index contributed by atoms with van der Waals surface area (Å²) in [6, 6.07) is 4.50. The summed E-state index contributed by atoms with van der Waals surface area (Å²) < 4.78 is 38.1. The Hall–Kier alpha value is -2.63. The van der Waals surface area contributed by atoms with Gasteiger partial charge in [0.05, 0.1) is 5.69 Å². The van der Waals surface area contributed by atoms with Crippen molar-refractivity contribution in [3.63, 3.8) is 0 Å². The monoisotopic (exact) mass is 415 g/mol. The number of allylic oxidation sites excluding steroid dienone is 5. The van der Waals surface area contributed by atoms with Crippen LogP contribution >= 0.6 is 0 Å². The Kier molecular flexibility index (Phi) is 7.66. The van der Waals surface area contributed by atoms with Gasteiger partial charge in [-0.2, -0.15) is 18.3 Å². The molecule has 0 radical (unpaired) electrons. The lowest BCUT2D eigenvalue weighted by Gasteiger charge is -2.04. The summed E-state index contributed by atoms with van der Waals surface area (Å²) in [6.45, 7) is 2.23. The lowest BCUT2D eigenvalue weighted by atomic mass is 10.0. The second-order valence-corrected chi connectivity index (χ2v) is 7.71. The van der Waals surface area contributed by atoms with E-state index in [0.717, 1.165) is 24.5 Å². The maximum absolute atomic E-state index is 12.7. The van der Waals surface area contributed by atoms with E-state index in [1.54, 1.807) is 12.3 Å². The third kappa shape index (κ3) is 6.44. The molecule has 0 bridgehead atoms. The van der Waals surface area contributed by atoms with Crippen LogP contribution in [0.4, 0.5) is 13.2 Å². The summed E-state index contributed by atoms with van der Waals surface area (Å²) in [7, 11) is 0. The Morgan fingerprint density at radius 1 is 1.03 bits per heavy atom. The van der Waals surface area contributed by atoms with Crippen molar-refractivity contribution in [1.29, 1.82) is 0 Å². The van der Waals surface area contributed by atoms with Gasteiger partial charge in [0.1, 0.15) is 11.4 Å². The largest absolute Gasteiger partial charge is 0.432 e. The second kappa shape index (κ2) is 10.4. The molecule has 1 aliphatic carbocycles. The van der Waals surface area contributed by atoms with E-state index in [9.17, 15) is 13.2 Å². The van der Waals surface area contributed by atoms with E-state index in [0.29, 0.717) is 5.69 Å². The summed E-state index contributed by atoms with van der Waals surface area (Å²) in [5.74, 6) is 0. The SMILES string of the molecule is CCCCCCC1=CC=C(/C=C/c2ccc(-c3cc(C(F)(F)F)[nH]n3)nc2)CCC1. The minimum absolute atomic E-state index is 0.181. The molecule has 3 rings (SSSR count). The minimum atomic E-state index is -4.44. The Labute approximate surface area is 175 Å². The quantitative estimate of drug-likeness (QED) is 0.453. The zero-order valence-corrected chi connectivity index (χ0v) is 17.3. The minimum Gasteiger partial charge on any atom is -0.273 e. The van der Waals surface area contributed by atoms with Gasteiger partial charge in [0.2, 0.25) is 0 Å². The first-order valence-corrected chi connectivity index (χ1v) is 10.6. The maximum Gasteiger partial charge on any atom is 0.432 e. The molecular weight excluding hydrogens is 387 g/mol. The summed E-state index contributed by atoms with van der Waals surface area (Å²) in [4.78, 5) is 4.25.